The lowest BCUT2D eigenvalue weighted by Gasteiger charge is -2.41. The molecule has 0 aliphatic carbocycles. The molecule has 2 heterocycles. The van der Waals surface area contributed by atoms with Crippen molar-refractivity contribution in [3.05, 3.63) is 66.0 Å². The number of rotatable bonds is 4. The van der Waals surface area contributed by atoms with E-state index in [-0.39, 0.29) is 0 Å². The Morgan fingerprint density at radius 2 is 1.58 bits per heavy atom. The molecular weight excluding hydrogens is 308 g/mol. The van der Waals surface area contributed by atoms with Crippen LogP contribution in [0.1, 0.15) is 17.2 Å². The minimum atomic E-state index is -1.76. The van der Waals surface area contributed by atoms with E-state index >= 15 is 0 Å². The smallest absolute Gasteiger partial charge is 0.346 e. The van der Waals surface area contributed by atoms with Crippen molar-refractivity contribution in [2.45, 2.75) is 11.5 Å². The number of carbonyl (C=O) groups is 2. The lowest BCUT2D eigenvalue weighted by molar-refractivity contribution is -0.162. The number of pyridine rings is 1. The Kier molecular flexibility index (Phi) is 4.12. The number of carbonyl (C=O) groups excluding carboxylic acids is 2. The maximum atomic E-state index is 12.4. The van der Waals surface area contributed by atoms with Crippen molar-refractivity contribution in [2.24, 2.45) is 4.99 Å². The molecule has 0 fully saturated rings. The van der Waals surface area contributed by atoms with Gasteiger partial charge in [-0.2, -0.15) is 0 Å². The highest BCUT2D eigenvalue weighted by atomic mass is 16.5. The Bertz CT molecular complexity index is 771. The molecule has 1 aromatic carbocycles. The molecule has 1 aliphatic rings. The van der Waals surface area contributed by atoms with E-state index in [0.29, 0.717) is 11.4 Å². The number of nitrogens with zero attached hydrogens (tertiary/aromatic N) is 2. The second kappa shape index (κ2) is 6.23. The third kappa shape index (κ3) is 2.27. The average molecular weight is 324 g/mol. The van der Waals surface area contributed by atoms with E-state index < -0.39 is 23.4 Å². The molecule has 2 aromatic rings. The molecule has 0 N–H and O–H groups in total. The number of hydrogen-bond acceptors (Lipinski definition) is 6. The zero-order chi connectivity index (χ0) is 17.2. The zero-order valence-electron chi connectivity index (χ0n) is 13.3. The third-order valence-corrected chi connectivity index (χ3v) is 4.03. The topological polar surface area (TPSA) is 77.9 Å². The summed E-state index contributed by atoms with van der Waals surface area (Å²) in [6.07, 6.45) is 1.61. The standard InChI is InChI=1S/C18H16N2O4/c1-23-16(21)18(17(22)24-2)14(13-10-6-7-11-19-13)15(20-18)12-8-4-3-5-9-12/h3-11,14H,1-2H3. The Morgan fingerprint density at radius 3 is 2.12 bits per heavy atom. The quantitative estimate of drug-likeness (QED) is 0.632. The van der Waals surface area contributed by atoms with E-state index in [1.165, 1.54) is 14.2 Å². The van der Waals surface area contributed by atoms with Crippen molar-refractivity contribution < 1.29 is 19.1 Å². The van der Waals surface area contributed by atoms with Crippen LogP contribution in [0.5, 0.6) is 0 Å². The van der Waals surface area contributed by atoms with Crippen molar-refractivity contribution in [1.82, 2.24) is 4.98 Å². The van der Waals surface area contributed by atoms with Crippen LogP contribution in [0.2, 0.25) is 0 Å². The molecule has 122 valence electrons. The molecule has 1 unspecified atom stereocenters. The number of methoxy groups -OCH3 is 2. The largest absolute Gasteiger partial charge is 0.467 e. The highest BCUT2D eigenvalue weighted by Crippen LogP contribution is 2.44. The lowest BCUT2D eigenvalue weighted by Crippen LogP contribution is -2.60. The molecule has 0 saturated heterocycles. The van der Waals surface area contributed by atoms with Crippen LogP contribution in [-0.4, -0.2) is 42.4 Å². The van der Waals surface area contributed by atoms with Gasteiger partial charge < -0.3 is 9.47 Å². The van der Waals surface area contributed by atoms with E-state index in [0.717, 1.165) is 5.56 Å². The average Bonchev–Trinajstić information content (AvgIpc) is 2.62. The molecule has 3 rings (SSSR count). The monoisotopic (exact) mass is 324 g/mol. The summed E-state index contributed by atoms with van der Waals surface area (Å²) in [6, 6.07) is 14.7. The molecule has 6 nitrogen and oxygen atoms in total. The number of hydrogen-bond donors (Lipinski definition) is 0. The molecule has 1 aromatic heterocycles. The van der Waals surface area contributed by atoms with Crippen LogP contribution < -0.4 is 0 Å². The summed E-state index contributed by atoms with van der Waals surface area (Å²) in [5, 5.41) is 0. The third-order valence-electron chi connectivity index (χ3n) is 4.03. The predicted octanol–water partition coefficient (Wildman–Crippen LogP) is 1.75. The molecule has 0 saturated carbocycles. The van der Waals surface area contributed by atoms with Gasteiger partial charge in [0.2, 0.25) is 0 Å². The predicted molar refractivity (Wildman–Crippen MR) is 86.7 cm³/mol. The summed E-state index contributed by atoms with van der Waals surface area (Å²) in [7, 11) is 2.44. The maximum absolute atomic E-state index is 12.4. The molecular formula is C18H16N2O4. The van der Waals surface area contributed by atoms with Crippen LogP contribution in [0.4, 0.5) is 0 Å². The van der Waals surface area contributed by atoms with Gasteiger partial charge in [-0.05, 0) is 17.7 Å². The summed E-state index contributed by atoms with van der Waals surface area (Å²) in [5.41, 5.74) is 0.215. The van der Waals surface area contributed by atoms with Crippen molar-refractivity contribution >= 4 is 17.7 Å². The van der Waals surface area contributed by atoms with Crippen LogP contribution in [0.25, 0.3) is 0 Å². The van der Waals surface area contributed by atoms with Crippen molar-refractivity contribution in [1.29, 1.82) is 0 Å². The van der Waals surface area contributed by atoms with Gasteiger partial charge in [0, 0.05) is 6.20 Å². The van der Waals surface area contributed by atoms with Crippen LogP contribution in [0, 0.1) is 0 Å². The number of benzene rings is 1. The Hall–Kier alpha value is -3.02. The van der Waals surface area contributed by atoms with Gasteiger partial charge in [-0.15, -0.1) is 0 Å². The fourth-order valence-corrected chi connectivity index (χ4v) is 2.91. The van der Waals surface area contributed by atoms with Gasteiger partial charge in [-0.25, -0.2) is 9.59 Å². The lowest BCUT2D eigenvalue weighted by atomic mass is 9.70. The highest BCUT2D eigenvalue weighted by Gasteiger charge is 2.64. The minimum Gasteiger partial charge on any atom is -0.467 e. The van der Waals surface area contributed by atoms with Gasteiger partial charge in [0.15, 0.2) is 0 Å². The highest BCUT2D eigenvalue weighted by molar-refractivity contribution is 6.23. The second-order valence-corrected chi connectivity index (χ2v) is 5.30. The van der Waals surface area contributed by atoms with E-state index in [1.807, 2.05) is 30.3 Å². The van der Waals surface area contributed by atoms with E-state index in [9.17, 15) is 9.59 Å². The van der Waals surface area contributed by atoms with Crippen LogP contribution in [0.15, 0.2) is 59.7 Å². The first kappa shape index (κ1) is 15.9. The number of aromatic nitrogens is 1. The summed E-state index contributed by atoms with van der Waals surface area (Å²) < 4.78 is 9.68. The number of ether oxygens (including phenoxy) is 2. The molecule has 6 heteroatoms. The number of aliphatic imine (C=N–C) groups is 1. The molecule has 0 radical (unpaired) electrons. The van der Waals surface area contributed by atoms with Gasteiger partial charge in [-0.3, -0.25) is 9.98 Å². The van der Waals surface area contributed by atoms with E-state index in [2.05, 4.69) is 9.98 Å². The summed E-state index contributed by atoms with van der Waals surface area (Å²) >= 11 is 0. The summed E-state index contributed by atoms with van der Waals surface area (Å²) in [5.74, 6) is -2.18. The Labute approximate surface area is 139 Å². The Balaban J connectivity index is 2.19. The van der Waals surface area contributed by atoms with Crippen LogP contribution in [0.3, 0.4) is 0 Å². The Morgan fingerprint density at radius 1 is 0.958 bits per heavy atom. The van der Waals surface area contributed by atoms with Gasteiger partial charge in [0.25, 0.3) is 5.54 Å². The first-order valence-electron chi connectivity index (χ1n) is 7.38. The molecule has 0 spiro atoms. The second-order valence-electron chi connectivity index (χ2n) is 5.30. The fraction of sp³-hybridized carbons (Fsp3) is 0.222. The first-order chi connectivity index (χ1) is 11.6. The van der Waals surface area contributed by atoms with E-state index in [4.69, 9.17) is 9.47 Å². The molecule has 24 heavy (non-hydrogen) atoms. The maximum Gasteiger partial charge on any atom is 0.346 e. The molecule has 0 bridgehead atoms. The molecule has 1 aliphatic heterocycles. The first-order valence-corrected chi connectivity index (χ1v) is 7.38. The van der Waals surface area contributed by atoms with Crippen LogP contribution >= 0.6 is 0 Å². The van der Waals surface area contributed by atoms with E-state index in [1.54, 1.807) is 24.4 Å². The van der Waals surface area contributed by atoms with Gasteiger partial charge in [0.05, 0.1) is 31.5 Å². The molecule has 1 atom stereocenters. The summed E-state index contributed by atoms with van der Waals surface area (Å²) in [6.45, 7) is 0. The van der Waals surface area contributed by atoms with Crippen molar-refractivity contribution in [3.63, 3.8) is 0 Å². The number of esters is 2. The van der Waals surface area contributed by atoms with Gasteiger partial charge >= 0.3 is 11.9 Å². The van der Waals surface area contributed by atoms with Crippen LogP contribution in [-0.2, 0) is 19.1 Å². The van der Waals surface area contributed by atoms with Crippen molar-refractivity contribution in [3.8, 4) is 0 Å². The summed E-state index contributed by atoms with van der Waals surface area (Å²) in [4.78, 5) is 33.5. The fourth-order valence-electron chi connectivity index (χ4n) is 2.91. The minimum absolute atomic E-state index is 0.558. The van der Waals surface area contributed by atoms with Gasteiger partial charge in [0.1, 0.15) is 0 Å². The van der Waals surface area contributed by atoms with Crippen molar-refractivity contribution in [2.75, 3.05) is 14.2 Å². The molecule has 0 amide bonds. The van der Waals surface area contributed by atoms with Gasteiger partial charge in [-0.1, -0.05) is 36.4 Å². The normalized spacial score (nSPS) is 18.1. The SMILES string of the molecule is COC(=O)C1(C(=O)OC)N=C(c2ccccc2)C1c1ccccn1. The zero-order valence-corrected chi connectivity index (χ0v) is 13.3.